The van der Waals surface area contributed by atoms with Crippen LogP contribution in [0.15, 0.2) is 58.3 Å². The van der Waals surface area contributed by atoms with Crippen molar-refractivity contribution in [2.24, 2.45) is 0 Å². The van der Waals surface area contributed by atoms with Gasteiger partial charge in [0.05, 0.1) is 12.1 Å². The number of benzene rings is 2. The number of carbonyl (C=O) groups excluding carboxylic acids is 1. The van der Waals surface area contributed by atoms with Gasteiger partial charge in [-0.3, -0.25) is 4.79 Å². The Balaban J connectivity index is 1.53. The minimum atomic E-state index is -0.353. The second-order valence-corrected chi connectivity index (χ2v) is 7.30. The molecule has 3 nitrogen and oxygen atoms in total. The highest BCUT2D eigenvalue weighted by Crippen LogP contribution is 2.27. The van der Waals surface area contributed by atoms with Crippen LogP contribution in [0.4, 0.5) is 14.5 Å². The van der Waals surface area contributed by atoms with Crippen LogP contribution in [0.25, 0.3) is 0 Å². The summed E-state index contributed by atoms with van der Waals surface area (Å²) in [5, 5.41) is 4.51. The van der Waals surface area contributed by atoms with Gasteiger partial charge in [-0.1, -0.05) is 30.0 Å². The van der Waals surface area contributed by atoms with Gasteiger partial charge in [0.25, 0.3) is 0 Å². The molecule has 1 aromatic heterocycles. The summed E-state index contributed by atoms with van der Waals surface area (Å²) in [6.07, 6.45) is 0.133. The molecule has 128 valence electrons. The van der Waals surface area contributed by atoms with Crippen molar-refractivity contribution in [1.82, 2.24) is 4.98 Å². The average molecular weight is 376 g/mol. The van der Waals surface area contributed by atoms with E-state index in [0.29, 0.717) is 22.7 Å². The SMILES string of the molecule is O=C(Cc1csc(SCc2ccccc2F)n1)Nc1ccc(F)cc1. The molecule has 1 N–H and O–H groups in total. The van der Waals surface area contributed by atoms with E-state index in [9.17, 15) is 13.6 Å². The maximum Gasteiger partial charge on any atom is 0.230 e. The van der Waals surface area contributed by atoms with Gasteiger partial charge in [0.2, 0.25) is 5.91 Å². The summed E-state index contributed by atoms with van der Waals surface area (Å²) in [4.78, 5) is 16.4. The molecule has 0 fully saturated rings. The summed E-state index contributed by atoms with van der Waals surface area (Å²) in [5.41, 5.74) is 1.81. The molecule has 0 atom stereocenters. The van der Waals surface area contributed by atoms with Crippen LogP contribution in [0.1, 0.15) is 11.3 Å². The lowest BCUT2D eigenvalue weighted by molar-refractivity contribution is -0.115. The number of carbonyl (C=O) groups is 1. The fraction of sp³-hybridized carbons (Fsp3) is 0.111. The maximum atomic E-state index is 13.6. The zero-order chi connectivity index (χ0) is 17.6. The van der Waals surface area contributed by atoms with Gasteiger partial charge in [0.1, 0.15) is 16.0 Å². The Hall–Kier alpha value is -2.25. The summed E-state index contributed by atoms with van der Waals surface area (Å²) in [6, 6.07) is 12.2. The quantitative estimate of drug-likeness (QED) is 0.623. The van der Waals surface area contributed by atoms with Crippen molar-refractivity contribution in [2.75, 3.05) is 5.32 Å². The van der Waals surface area contributed by atoms with Gasteiger partial charge < -0.3 is 5.32 Å². The Labute approximate surface area is 152 Å². The highest BCUT2D eigenvalue weighted by Gasteiger charge is 2.10. The first kappa shape index (κ1) is 17.6. The largest absolute Gasteiger partial charge is 0.326 e. The number of nitrogens with zero attached hydrogens (tertiary/aromatic N) is 1. The zero-order valence-corrected chi connectivity index (χ0v) is 14.7. The molecular formula is C18H14F2N2OS2. The molecule has 3 rings (SSSR count). The molecule has 0 unspecified atom stereocenters. The molecule has 0 radical (unpaired) electrons. The zero-order valence-electron chi connectivity index (χ0n) is 13.0. The van der Waals surface area contributed by atoms with Gasteiger partial charge in [0.15, 0.2) is 0 Å². The van der Waals surface area contributed by atoms with Crippen LogP contribution < -0.4 is 5.32 Å². The molecule has 0 saturated heterocycles. The number of halogens is 2. The highest BCUT2D eigenvalue weighted by molar-refractivity contribution is 8.00. The molecule has 0 saturated carbocycles. The second kappa shape index (κ2) is 8.22. The number of nitrogens with one attached hydrogen (secondary N) is 1. The van der Waals surface area contributed by atoms with E-state index in [2.05, 4.69) is 10.3 Å². The van der Waals surface area contributed by atoms with Gasteiger partial charge in [0, 0.05) is 16.8 Å². The van der Waals surface area contributed by atoms with Gasteiger partial charge in [-0.05, 0) is 35.9 Å². The topological polar surface area (TPSA) is 42.0 Å². The van der Waals surface area contributed by atoms with Crippen LogP contribution in [0, 0.1) is 11.6 Å². The standard InChI is InChI=1S/C18H14F2N2OS2/c19-13-5-7-14(8-6-13)21-17(23)9-15-11-25-18(22-15)24-10-12-3-1-2-4-16(12)20/h1-8,11H,9-10H2,(H,21,23). The average Bonchev–Trinajstić information content (AvgIpc) is 3.03. The molecule has 7 heteroatoms. The van der Waals surface area contributed by atoms with Crippen LogP contribution in [-0.4, -0.2) is 10.9 Å². The Bertz CT molecular complexity index is 866. The van der Waals surface area contributed by atoms with Crippen LogP contribution >= 0.6 is 23.1 Å². The number of anilines is 1. The lowest BCUT2D eigenvalue weighted by Crippen LogP contribution is -2.14. The number of amides is 1. The highest BCUT2D eigenvalue weighted by atomic mass is 32.2. The summed E-state index contributed by atoms with van der Waals surface area (Å²) in [5.74, 6) is -0.316. The van der Waals surface area contributed by atoms with Gasteiger partial charge >= 0.3 is 0 Å². The minimum Gasteiger partial charge on any atom is -0.326 e. The van der Waals surface area contributed by atoms with Crippen molar-refractivity contribution in [2.45, 2.75) is 16.5 Å². The van der Waals surface area contributed by atoms with Crippen LogP contribution in [0.5, 0.6) is 0 Å². The predicted molar refractivity (Wildman–Crippen MR) is 96.8 cm³/mol. The molecule has 1 heterocycles. The number of rotatable bonds is 6. The molecule has 0 spiro atoms. The summed E-state index contributed by atoms with van der Waals surface area (Å²) in [6.45, 7) is 0. The first-order valence-electron chi connectivity index (χ1n) is 7.46. The first-order chi connectivity index (χ1) is 12.1. The minimum absolute atomic E-state index is 0.133. The van der Waals surface area contributed by atoms with Crippen molar-refractivity contribution in [3.63, 3.8) is 0 Å². The predicted octanol–water partition coefficient (Wildman–Crippen LogP) is 4.89. The number of hydrogen-bond donors (Lipinski definition) is 1. The summed E-state index contributed by atoms with van der Waals surface area (Å²) < 4.78 is 27.2. The van der Waals surface area contributed by atoms with E-state index >= 15 is 0 Å². The third kappa shape index (κ3) is 5.11. The van der Waals surface area contributed by atoms with Crippen molar-refractivity contribution in [3.05, 3.63) is 76.8 Å². The third-order valence-electron chi connectivity index (χ3n) is 3.31. The van der Waals surface area contributed by atoms with Crippen molar-refractivity contribution < 1.29 is 13.6 Å². The Morgan fingerprint density at radius 3 is 2.64 bits per heavy atom. The van der Waals surface area contributed by atoms with Gasteiger partial charge in [-0.2, -0.15) is 0 Å². The van der Waals surface area contributed by atoms with E-state index in [1.807, 2.05) is 5.38 Å². The number of hydrogen-bond acceptors (Lipinski definition) is 4. The lowest BCUT2D eigenvalue weighted by Gasteiger charge is -2.03. The fourth-order valence-corrected chi connectivity index (χ4v) is 3.92. The molecule has 25 heavy (non-hydrogen) atoms. The maximum absolute atomic E-state index is 13.6. The number of thiazole rings is 1. The van der Waals surface area contributed by atoms with Crippen molar-refractivity contribution >= 4 is 34.7 Å². The molecule has 1 amide bonds. The summed E-state index contributed by atoms with van der Waals surface area (Å²) in [7, 11) is 0. The first-order valence-corrected chi connectivity index (χ1v) is 9.33. The number of aromatic nitrogens is 1. The normalized spacial score (nSPS) is 10.6. The molecule has 0 aliphatic rings. The second-order valence-electron chi connectivity index (χ2n) is 5.22. The molecule has 0 bridgehead atoms. The van der Waals surface area contributed by atoms with E-state index in [4.69, 9.17) is 0 Å². The Kier molecular flexibility index (Phi) is 5.78. The lowest BCUT2D eigenvalue weighted by atomic mass is 10.2. The molecular weight excluding hydrogens is 362 g/mol. The molecule has 2 aromatic carbocycles. The van der Waals surface area contributed by atoms with Crippen LogP contribution in [-0.2, 0) is 17.0 Å². The van der Waals surface area contributed by atoms with Crippen molar-refractivity contribution in [3.8, 4) is 0 Å². The summed E-state index contributed by atoms with van der Waals surface area (Å²) >= 11 is 2.86. The van der Waals surface area contributed by atoms with E-state index < -0.39 is 0 Å². The van der Waals surface area contributed by atoms with Crippen LogP contribution in [0.3, 0.4) is 0 Å². The molecule has 0 aliphatic carbocycles. The Morgan fingerprint density at radius 2 is 1.88 bits per heavy atom. The van der Waals surface area contributed by atoms with E-state index in [-0.39, 0.29) is 24.0 Å². The van der Waals surface area contributed by atoms with E-state index in [1.165, 1.54) is 53.4 Å². The van der Waals surface area contributed by atoms with Crippen LogP contribution in [0.2, 0.25) is 0 Å². The Morgan fingerprint density at radius 1 is 1.12 bits per heavy atom. The number of thioether (sulfide) groups is 1. The molecule has 3 aromatic rings. The fourth-order valence-electron chi connectivity index (χ4n) is 2.09. The van der Waals surface area contributed by atoms with E-state index in [0.717, 1.165) is 4.34 Å². The molecule has 0 aliphatic heterocycles. The van der Waals surface area contributed by atoms with Gasteiger partial charge in [-0.25, -0.2) is 13.8 Å². The third-order valence-corrected chi connectivity index (χ3v) is 5.43. The monoisotopic (exact) mass is 376 g/mol. The smallest absolute Gasteiger partial charge is 0.230 e. The van der Waals surface area contributed by atoms with Gasteiger partial charge in [-0.15, -0.1) is 11.3 Å². The van der Waals surface area contributed by atoms with E-state index in [1.54, 1.807) is 18.2 Å². The van der Waals surface area contributed by atoms with Crippen molar-refractivity contribution in [1.29, 1.82) is 0 Å².